The van der Waals surface area contributed by atoms with Gasteiger partial charge >= 0.3 is 0 Å². The predicted octanol–water partition coefficient (Wildman–Crippen LogP) is 0.705. The average Bonchev–Trinajstić information content (AvgIpc) is 2.63. The Morgan fingerprint density at radius 2 is 2.18 bits per heavy atom. The molecule has 1 fully saturated rings. The Kier molecular flexibility index (Phi) is 6.41. The van der Waals surface area contributed by atoms with E-state index in [-0.39, 0.29) is 0 Å². The molecular formula is C13H28N2O2. The molecule has 0 aromatic heterocycles. The number of nitrogens with zero attached hydrogens (tertiary/aromatic N) is 1. The molecule has 1 saturated heterocycles. The second-order valence-electron chi connectivity index (χ2n) is 5.68. The summed E-state index contributed by atoms with van der Waals surface area (Å²) in [6.07, 6.45) is 1.98. The van der Waals surface area contributed by atoms with E-state index in [4.69, 9.17) is 4.74 Å². The van der Waals surface area contributed by atoms with Crippen molar-refractivity contribution >= 4 is 0 Å². The van der Waals surface area contributed by atoms with Crippen molar-refractivity contribution in [2.75, 3.05) is 46.4 Å². The first-order valence-electron chi connectivity index (χ1n) is 6.71. The molecule has 0 bridgehead atoms. The average molecular weight is 244 g/mol. The lowest BCUT2D eigenvalue weighted by Crippen LogP contribution is -2.44. The molecule has 102 valence electrons. The van der Waals surface area contributed by atoms with Crippen LogP contribution in [0.3, 0.4) is 0 Å². The third-order valence-electron chi connectivity index (χ3n) is 3.24. The van der Waals surface area contributed by atoms with E-state index in [1.807, 2.05) is 7.05 Å². The highest BCUT2D eigenvalue weighted by Gasteiger charge is 2.31. The van der Waals surface area contributed by atoms with Gasteiger partial charge in [-0.3, -0.25) is 0 Å². The molecule has 0 aromatic rings. The highest BCUT2D eigenvalue weighted by atomic mass is 16.5. The molecule has 1 heterocycles. The molecule has 0 aliphatic carbocycles. The van der Waals surface area contributed by atoms with Crippen molar-refractivity contribution in [3.63, 3.8) is 0 Å². The van der Waals surface area contributed by atoms with Gasteiger partial charge < -0.3 is 20.1 Å². The Labute approximate surface area is 105 Å². The molecular weight excluding hydrogens is 216 g/mol. The van der Waals surface area contributed by atoms with Gasteiger partial charge in [0.05, 0.1) is 12.2 Å². The van der Waals surface area contributed by atoms with Gasteiger partial charge in [-0.2, -0.15) is 0 Å². The van der Waals surface area contributed by atoms with E-state index in [2.05, 4.69) is 24.1 Å². The first-order chi connectivity index (χ1) is 8.02. The maximum Gasteiger partial charge on any atom is 0.0909 e. The summed E-state index contributed by atoms with van der Waals surface area (Å²) < 4.78 is 5.57. The quantitative estimate of drug-likeness (QED) is 0.617. The van der Waals surface area contributed by atoms with Crippen molar-refractivity contribution < 1.29 is 9.84 Å². The number of hydrogen-bond donors (Lipinski definition) is 2. The summed E-state index contributed by atoms with van der Waals surface area (Å²) in [5.74, 6) is 0.706. The minimum atomic E-state index is -0.535. The van der Waals surface area contributed by atoms with Gasteiger partial charge in [0, 0.05) is 26.2 Å². The Hall–Kier alpha value is -0.160. The van der Waals surface area contributed by atoms with Gasteiger partial charge in [0.15, 0.2) is 0 Å². The smallest absolute Gasteiger partial charge is 0.0909 e. The number of aliphatic hydroxyl groups is 1. The molecule has 2 N–H and O–H groups in total. The molecule has 4 nitrogen and oxygen atoms in total. The van der Waals surface area contributed by atoms with Crippen LogP contribution in [0.2, 0.25) is 0 Å². The highest BCUT2D eigenvalue weighted by molar-refractivity contribution is 4.89. The number of hydrogen-bond acceptors (Lipinski definition) is 4. The first-order valence-corrected chi connectivity index (χ1v) is 6.71. The van der Waals surface area contributed by atoms with Crippen LogP contribution in [0.4, 0.5) is 0 Å². The summed E-state index contributed by atoms with van der Waals surface area (Å²) >= 11 is 0. The third kappa shape index (κ3) is 6.36. The van der Waals surface area contributed by atoms with Gasteiger partial charge in [-0.05, 0) is 32.4 Å². The molecule has 17 heavy (non-hydrogen) atoms. The van der Waals surface area contributed by atoms with Crippen LogP contribution in [0.15, 0.2) is 0 Å². The van der Waals surface area contributed by atoms with Crippen LogP contribution >= 0.6 is 0 Å². The Bertz CT molecular complexity index is 204. The topological polar surface area (TPSA) is 44.7 Å². The fraction of sp³-hybridized carbons (Fsp3) is 1.00. The molecule has 0 aromatic carbocycles. The van der Waals surface area contributed by atoms with Gasteiger partial charge in [0.1, 0.15) is 0 Å². The largest absolute Gasteiger partial charge is 0.387 e. The first kappa shape index (κ1) is 14.9. The minimum Gasteiger partial charge on any atom is -0.387 e. The minimum absolute atomic E-state index is 0.535. The molecule has 0 amide bonds. The van der Waals surface area contributed by atoms with Crippen LogP contribution < -0.4 is 5.32 Å². The van der Waals surface area contributed by atoms with E-state index in [0.717, 1.165) is 45.7 Å². The normalized spacial score (nSPS) is 25.1. The van der Waals surface area contributed by atoms with Gasteiger partial charge in [-0.25, -0.2) is 0 Å². The van der Waals surface area contributed by atoms with Crippen LogP contribution in [0.5, 0.6) is 0 Å². The van der Waals surface area contributed by atoms with Gasteiger partial charge in [-0.1, -0.05) is 13.8 Å². The van der Waals surface area contributed by atoms with Gasteiger partial charge in [0.25, 0.3) is 0 Å². The second-order valence-corrected chi connectivity index (χ2v) is 5.68. The van der Waals surface area contributed by atoms with Crippen molar-refractivity contribution in [2.45, 2.75) is 32.3 Å². The zero-order valence-electron chi connectivity index (χ0n) is 11.5. The SMILES string of the molecule is CC(C)CCOCCN(C)CC1(O)CCNC1. The van der Waals surface area contributed by atoms with Crippen LogP contribution in [0.1, 0.15) is 26.7 Å². The van der Waals surface area contributed by atoms with E-state index < -0.39 is 5.60 Å². The van der Waals surface area contributed by atoms with Crippen LogP contribution in [0.25, 0.3) is 0 Å². The lowest BCUT2D eigenvalue weighted by molar-refractivity contribution is 0.0182. The fourth-order valence-electron chi connectivity index (χ4n) is 2.09. The monoisotopic (exact) mass is 244 g/mol. The number of β-amino-alcohol motifs (C(OH)–C–C–N with tert-alkyl or cyclic N) is 1. The van der Waals surface area contributed by atoms with E-state index >= 15 is 0 Å². The predicted molar refractivity (Wildman–Crippen MR) is 70.2 cm³/mol. The van der Waals surface area contributed by atoms with Crippen LogP contribution in [-0.2, 0) is 4.74 Å². The standard InChI is InChI=1S/C13H28N2O2/c1-12(2)4-8-17-9-7-15(3)11-13(16)5-6-14-10-13/h12,14,16H,4-11H2,1-3H3. The zero-order chi connectivity index (χ0) is 12.7. The molecule has 1 aliphatic rings. The molecule has 1 unspecified atom stereocenters. The number of likely N-dealkylation sites (N-methyl/N-ethyl adjacent to an activating group) is 1. The summed E-state index contributed by atoms with van der Waals surface area (Å²) in [6, 6.07) is 0. The fourth-order valence-corrected chi connectivity index (χ4v) is 2.09. The van der Waals surface area contributed by atoms with Crippen LogP contribution in [-0.4, -0.2) is 62.0 Å². The summed E-state index contributed by atoms with van der Waals surface area (Å²) in [5, 5.41) is 13.4. The zero-order valence-corrected chi connectivity index (χ0v) is 11.5. The lowest BCUT2D eigenvalue weighted by atomic mass is 10.0. The van der Waals surface area contributed by atoms with E-state index in [1.54, 1.807) is 0 Å². The molecule has 0 saturated carbocycles. The molecule has 0 radical (unpaired) electrons. The maximum atomic E-state index is 10.2. The van der Waals surface area contributed by atoms with Gasteiger partial charge in [-0.15, -0.1) is 0 Å². The Morgan fingerprint density at radius 3 is 2.76 bits per heavy atom. The molecule has 1 aliphatic heterocycles. The van der Waals surface area contributed by atoms with Crippen LogP contribution in [0, 0.1) is 5.92 Å². The number of ether oxygens (including phenoxy) is 1. The van der Waals surface area contributed by atoms with Crippen molar-refractivity contribution in [3.05, 3.63) is 0 Å². The second kappa shape index (κ2) is 7.31. The summed E-state index contributed by atoms with van der Waals surface area (Å²) in [4.78, 5) is 2.16. The molecule has 0 spiro atoms. The maximum absolute atomic E-state index is 10.2. The van der Waals surface area contributed by atoms with Gasteiger partial charge in [0.2, 0.25) is 0 Å². The van der Waals surface area contributed by atoms with Crippen molar-refractivity contribution in [1.82, 2.24) is 10.2 Å². The van der Waals surface area contributed by atoms with E-state index in [0.29, 0.717) is 12.5 Å². The lowest BCUT2D eigenvalue weighted by Gasteiger charge is -2.27. The van der Waals surface area contributed by atoms with E-state index in [1.165, 1.54) is 0 Å². The number of rotatable bonds is 8. The highest BCUT2D eigenvalue weighted by Crippen LogP contribution is 2.14. The van der Waals surface area contributed by atoms with Crippen molar-refractivity contribution in [1.29, 1.82) is 0 Å². The Balaban J connectivity index is 2.03. The molecule has 4 heteroatoms. The number of nitrogens with one attached hydrogen (secondary N) is 1. The Morgan fingerprint density at radius 1 is 1.41 bits per heavy atom. The van der Waals surface area contributed by atoms with E-state index in [9.17, 15) is 5.11 Å². The summed E-state index contributed by atoms with van der Waals surface area (Å²) in [6.45, 7) is 9.27. The molecule has 1 rings (SSSR count). The van der Waals surface area contributed by atoms with Crippen molar-refractivity contribution in [3.8, 4) is 0 Å². The third-order valence-corrected chi connectivity index (χ3v) is 3.24. The molecule has 1 atom stereocenters. The summed E-state index contributed by atoms with van der Waals surface area (Å²) in [7, 11) is 2.04. The summed E-state index contributed by atoms with van der Waals surface area (Å²) in [5.41, 5.74) is -0.535. The van der Waals surface area contributed by atoms with Crippen molar-refractivity contribution in [2.24, 2.45) is 5.92 Å².